The number of amides is 1. The van der Waals surface area contributed by atoms with E-state index in [1.54, 1.807) is 12.1 Å². The van der Waals surface area contributed by atoms with Crippen molar-refractivity contribution in [3.8, 4) is 11.8 Å². The van der Waals surface area contributed by atoms with Crippen LogP contribution in [0.15, 0.2) is 87.7 Å². The van der Waals surface area contributed by atoms with Gasteiger partial charge in [-0.2, -0.15) is 26.9 Å². The topological polar surface area (TPSA) is 96.3 Å². The largest absolute Gasteiger partial charge is 0.416 e. The predicted octanol–water partition coefficient (Wildman–Crippen LogP) is 5.78. The van der Waals surface area contributed by atoms with Crippen molar-refractivity contribution in [1.82, 2.24) is 0 Å². The highest BCUT2D eigenvalue weighted by Gasteiger charge is 2.30. The number of nitrogens with zero attached hydrogens (tertiary/aromatic N) is 1. The van der Waals surface area contributed by atoms with E-state index in [4.69, 9.17) is 4.18 Å². The maximum atomic E-state index is 12.9. The molecule has 0 saturated heterocycles. The first kappa shape index (κ1) is 25.0. The summed E-state index contributed by atoms with van der Waals surface area (Å²) in [5.74, 6) is -1.15. The molecule has 3 aromatic rings. The molecule has 3 rings (SSSR count). The summed E-state index contributed by atoms with van der Waals surface area (Å²) in [4.78, 5) is 12.5. The van der Waals surface area contributed by atoms with Crippen LogP contribution < -0.4 is 9.50 Å². The molecule has 0 unspecified atom stereocenters. The summed E-state index contributed by atoms with van der Waals surface area (Å²) in [5.41, 5.74) is -1.55. The van der Waals surface area contributed by atoms with Crippen LogP contribution in [0.1, 0.15) is 11.1 Å². The molecule has 1 amide bonds. The number of rotatable bonds is 6. The van der Waals surface area contributed by atoms with Crippen molar-refractivity contribution in [2.24, 2.45) is 0 Å². The Bertz CT molecular complexity index is 1400. The molecule has 0 aliphatic rings. The number of carbonyl (C=O) groups excluding carboxylic acids is 1. The highest BCUT2D eigenvalue weighted by molar-refractivity contribution is 9.10. The van der Waals surface area contributed by atoms with Gasteiger partial charge in [-0.1, -0.05) is 40.2 Å². The summed E-state index contributed by atoms with van der Waals surface area (Å²) >= 11 is 3.23. The molecule has 0 atom stereocenters. The average molecular weight is 551 g/mol. The first-order valence-electron chi connectivity index (χ1n) is 9.39. The Morgan fingerprint density at radius 1 is 1.03 bits per heavy atom. The quantitative estimate of drug-likeness (QED) is 0.238. The van der Waals surface area contributed by atoms with E-state index in [2.05, 4.69) is 21.2 Å². The molecular formula is C23H14BrF3N2O4S. The van der Waals surface area contributed by atoms with E-state index in [9.17, 15) is 31.6 Å². The van der Waals surface area contributed by atoms with Crippen LogP contribution in [0.4, 0.5) is 18.9 Å². The van der Waals surface area contributed by atoms with Crippen LogP contribution in [0.5, 0.6) is 5.75 Å². The van der Waals surface area contributed by atoms with E-state index < -0.39 is 33.3 Å². The normalized spacial score (nSPS) is 12.0. The molecule has 34 heavy (non-hydrogen) atoms. The first-order valence-corrected chi connectivity index (χ1v) is 11.6. The lowest BCUT2D eigenvalue weighted by Gasteiger charge is -2.11. The Labute approximate surface area is 201 Å². The second-order valence-electron chi connectivity index (χ2n) is 6.74. The molecule has 0 spiro atoms. The van der Waals surface area contributed by atoms with E-state index >= 15 is 0 Å². The summed E-state index contributed by atoms with van der Waals surface area (Å²) in [5, 5.41) is 11.7. The number of hydrogen-bond donors (Lipinski definition) is 1. The second-order valence-corrected chi connectivity index (χ2v) is 9.20. The van der Waals surface area contributed by atoms with Crippen LogP contribution in [0.3, 0.4) is 0 Å². The summed E-state index contributed by atoms with van der Waals surface area (Å²) in [7, 11) is -4.21. The molecule has 0 aromatic heterocycles. The lowest BCUT2D eigenvalue weighted by Crippen LogP contribution is -2.15. The number of halogens is 4. The van der Waals surface area contributed by atoms with Gasteiger partial charge in [0.25, 0.3) is 5.91 Å². The number of alkyl halides is 3. The lowest BCUT2D eigenvalue weighted by atomic mass is 10.1. The van der Waals surface area contributed by atoms with Crippen LogP contribution in [-0.2, 0) is 21.1 Å². The molecule has 0 heterocycles. The zero-order chi connectivity index (χ0) is 24.9. The molecule has 11 heteroatoms. The molecule has 0 aliphatic heterocycles. The summed E-state index contributed by atoms with van der Waals surface area (Å²) in [6, 6.07) is 17.2. The van der Waals surface area contributed by atoms with Crippen molar-refractivity contribution >= 4 is 43.7 Å². The van der Waals surface area contributed by atoms with E-state index in [0.717, 1.165) is 24.3 Å². The van der Waals surface area contributed by atoms with Gasteiger partial charge in [0.15, 0.2) is 0 Å². The number of nitriles is 1. The molecule has 3 aromatic carbocycles. The summed E-state index contributed by atoms with van der Waals surface area (Å²) in [6.07, 6.45) is -3.54. The highest BCUT2D eigenvalue weighted by Crippen LogP contribution is 2.31. The third-order valence-corrected chi connectivity index (χ3v) is 6.06. The summed E-state index contributed by atoms with van der Waals surface area (Å²) < 4.78 is 69.6. The Morgan fingerprint density at radius 2 is 1.74 bits per heavy atom. The number of hydrogen-bond acceptors (Lipinski definition) is 5. The Balaban J connectivity index is 1.92. The van der Waals surface area contributed by atoms with Gasteiger partial charge in [-0.3, -0.25) is 4.79 Å². The minimum atomic E-state index is -4.61. The van der Waals surface area contributed by atoms with Crippen LogP contribution >= 0.6 is 15.9 Å². The molecule has 174 valence electrons. The van der Waals surface area contributed by atoms with Gasteiger partial charge in [-0.25, -0.2) is 0 Å². The Morgan fingerprint density at radius 3 is 2.38 bits per heavy atom. The van der Waals surface area contributed by atoms with Crippen molar-refractivity contribution in [2.45, 2.75) is 11.1 Å². The highest BCUT2D eigenvalue weighted by atomic mass is 79.9. The zero-order valence-corrected chi connectivity index (χ0v) is 19.4. The smallest absolute Gasteiger partial charge is 0.378 e. The van der Waals surface area contributed by atoms with E-state index in [-0.39, 0.29) is 21.9 Å². The molecule has 1 N–H and O–H groups in total. The molecule has 0 radical (unpaired) electrons. The number of nitrogens with one attached hydrogen (secondary N) is 1. The van der Waals surface area contributed by atoms with Gasteiger partial charge in [0.1, 0.15) is 22.3 Å². The molecule has 0 bridgehead atoms. The van der Waals surface area contributed by atoms with Crippen molar-refractivity contribution in [1.29, 1.82) is 5.26 Å². The molecule has 0 saturated carbocycles. The van der Waals surface area contributed by atoms with Crippen molar-refractivity contribution in [3.05, 3.63) is 94.0 Å². The number of benzene rings is 3. The fourth-order valence-electron chi connectivity index (χ4n) is 2.74. The fraction of sp³-hybridized carbons (Fsp3) is 0.0435. The van der Waals surface area contributed by atoms with Crippen LogP contribution in [-0.4, -0.2) is 14.3 Å². The minimum absolute atomic E-state index is 0.0737. The molecular weight excluding hydrogens is 537 g/mol. The molecule has 6 nitrogen and oxygen atoms in total. The van der Waals surface area contributed by atoms with Crippen molar-refractivity contribution in [2.75, 3.05) is 5.32 Å². The summed E-state index contributed by atoms with van der Waals surface area (Å²) in [6.45, 7) is 0. The van der Waals surface area contributed by atoms with Crippen LogP contribution in [0, 0.1) is 11.3 Å². The third kappa shape index (κ3) is 6.24. The maximum absolute atomic E-state index is 12.9. The predicted molar refractivity (Wildman–Crippen MR) is 122 cm³/mol. The minimum Gasteiger partial charge on any atom is -0.378 e. The van der Waals surface area contributed by atoms with E-state index in [1.807, 2.05) is 0 Å². The maximum Gasteiger partial charge on any atom is 0.416 e. The van der Waals surface area contributed by atoms with Gasteiger partial charge in [0.05, 0.1) is 5.56 Å². The lowest BCUT2D eigenvalue weighted by molar-refractivity contribution is -0.137. The first-order chi connectivity index (χ1) is 16.0. The Hall–Kier alpha value is -3.62. The van der Waals surface area contributed by atoms with Gasteiger partial charge in [0.2, 0.25) is 0 Å². The van der Waals surface area contributed by atoms with Gasteiger partial charge in [0, 0.05) is 15.7 Å². The SMILES string of the molecule is N#C/C(=C\c1cc(Br)ccc1OS(=O)(=O)c1ccccc1)C(=O)Nc1cccc(C(F)(F)F)c1. The number of carbonyl (C=O) groups is 1. The zero-order valence-electron chi connectivity index (χ0n) is 17.0. The van der Waals surface area contributed by atoms with Crippen molar-refractivity contribution in [3.63, 3.8) is 0 Å². The number of anilines is 1. The van der Waals surface area contributed by atoms with E-state index in [1.165, 1.54) is 48.5 Å². The third-order valence-electron chi connectivity index (χ3n) is 4.32. The van der Waals surface area contributed by atoms with E-state index in [0.29, 0.717) is 4.47 Å². The van der Waals surface area contributed by atoms with Gasteiger partial charge in [-0.05, 0) is 54.6 Å². The van der Waals surface area contributed by atoms with Crippen LogP contribution in [0.2, 0.25) is 0 Å². The standard InChI is InChI=1S/C23H14BrF3N2O4S/c24-18-9-10-21(33-34(31,32)20-7-2-1-3-8-20)15(12-18)11-16(14-28)22(30)29-19-6-4-5-17(13-19)23(25,26)27/h1-13H,(H,29,30)/b16-11+. The second kappa shape index (κ2) is 10.1. The average Bonchev–Trinajstić information content (AvgIpc) is 2.79. The van der Waals surface area contributed by atoms with Crippen LogP contribution in [0.25, 0.3) is 6.08 Å². The molecule has 0 aliphatic carbocycles. The Kier molecular flexibility index (Phi) is 7.44. The van der Waals surface area contributed by atoms with Gasteiger partial charge >= 0.3 is 16.3 Å². The monoisotopic (exact) mass is 550 g/mol. The van der Waals surface area contributed by atoms with Gasteiger partial charge < -0.3 is 9.50 Å². The molecule has 0 fully saturated rings. The fourth-order valence-corrected chi connectivity index (χ4v) is 4.09. The van der Waals surface area contributed by atoms with Gasteiger partial charge in [-0.15, -0.1) is 0 Å². The van der Waals surface area contributed by atoms with Crippen molar-refractivity contribution < 1.29 is 30.6 Å².